The molecular formula is C25H20ClNO3. The minimum atomic E-state index is -0.468. The van der Waals surface area contributed by atoms with E-state index in [1.54, 1.807) is 12.1 Å². The molecule has 3 aromatic carbocycles. The van der Waals surface area contributed by atoms with Gasteiger partial charge in [0, 0.05) is 23.9 Å². The summed E-state index contributed by atoms with van der Waals surface area (Å²) < 4.78 is 5.48. The second-order valence-electron chi connectivity index (χ2n) is 6.97. The summed E-state index contributed by atoms with van der Waals surface area (Å²) in [5.41, 5.74) is 5.21. The number of alkyl carbamates (subject to hydrolysis) is 1. The third-order valence-corrected chi connectivity index (χ3v) is 5.28. The van der Waals surface area contributed by atoms with Crippen LogP contribution in [0.2, 0.25) is 5.02 Å². The molecule has 0 aliphatic heterocycles. The second-order valence-corrected chi connectivity index (χ2v) is 7.40. The van der Waals surface area contributed by atoms with Crippen molar-refractivity contribution in [3.8, 4) is 28.7 Å². The molecule has 1 aliphatic rings. The molecule has 0 saturated carbocycles. The maximum Gasteiger partial charge on any atom is 0.407 e. The van der Waals surface area contributed by atoms with Gasteiger partial charge in [-0.2, -0.15) is 0 Å². The fourth-order valence-corrected chi connectivity index (χ4v) is 3.81. The van der Waals surface area contributed by atoms with Gasteiger partial charge in [-0.25, -0.2) is 4.79 Å². The maximum absolute atomic E-state index is 12.1. The summed E-state index contributed by atoms with van der Waals surface area (Å²) in [7, 11) is 0. The van der Waals surface area contributed by atoms with Gasteiger partial charge in [-0.15, -0.1) is 0 Å². The predicted molar refractivity (Wildman–Crippen MR) is 118 cm³/mol. The molecule has 150 valence electrons. The predicted octanol–water partition coefficient (Wildman–Crippen LogP) is 5.33. The smallest absolute Gasteiger partial charge is 0.407 e. The first kappa shape index (κ1) is 19.9. The lowest BCUT2D eigenvalue weighted by Gasteiger charge is -2.14. The number of ether oxygens (including phenoxy) is 1. The summed E-state index contributed by atoms with van der Waals surface area (Å²) in [6.07, 6.45) is -0.0415. The number of fused-ring (bicyclic) bond motifs is 3. The van der Waals surface area contributed by atoms with Crippen molar-refractivity contribution >= 4 is 17.7 Å². The molecule has 4 rings (SSSR count). The third kappa shape index (κ3) is 4.27. The maximum atomic E-state index is 12.1. The second kappa shape index (κ2) is 8.94. The van der Waals surface area contributed by atoms with E-state index in [9.17, 15) is 9.90 Å². The Morgan fingerprint density at radius 1 is 1.03 bits per heavy atom. The minimum absolute atomic E-state index is 0.0359. The number of hydrogen-bond acceptors (Lipinski definition) is 3. The van der Waals surface area contributed by atoms with Crippen LogP contribution in [-0.4, -0.2) is 24.4 Å². The minimum Gasteiger partial charge on any atom is -0.507 e. The number of rotatable bonds is 4. The molecule has 0 radical (unpaired) electrons. The Morgan fingerprint density at radius 2 is 1.70 bits per heavy atom. The molecule has 0 saturated heterocycles. The van der Waals surface area contributed by atoms with Crippen molar-refractivity contribution in [2.75, 3.05) is 13.2 Å². The lowest BCUT2D eigenvalue weighted by atomic mass is 9.98. The highest BCUT2D eigenvalue weighted by Gasteiger charge is 2.28. The number of hydrogen-bond donors (Lipinski definition) is 2. The molecule has 5 heteroatoms. The molecule has 1 amide bonds. The zero-order chi connectivity index (χ0) is 20.9. The van der Waals surface area contributed by atoms with E-state index in [4.69, 9.17) is 16.3 Å². The van der Waals surface area contributed by atoms with Gasteiger partial charge in [-0.1, -0.05) is 72.0 Å². The van der Waals surface area contributed by atoms with Gasteiger partial charge in [0.1, 0.15) is 12.4 Å². The molecular weight excluding hydrogens is 398 g/mol. The van der Waals surface area contributed by atoms with E-state index in [0.29, 0.717) is 23.6 Å². The molecule has 0 fully saturated rings. The van der Waals surface area contributed by atoms with Gasteiger partial charge in [-0.3, -0.25) is 0 Å². The fourth-order valence-electron chi connectivity index (χ4n) is 3.64. The monoisotopic (exact) mass is 417 g/mol. The van der Waals surface area contributed by atoms with Gasteiger partial charge in [-0.05, 0) is 40.5 Å². The zero-order valence-corrected chi connectivity index (χ0v) is 16.9. The number of carbonyl (C=O) groups is 1. The average Bonchev–Trinajstić information content (AvgIpc) is 3.08. The summed E-state index contributed by atoms with van der Waals surface area (Å²) in [4.78, 5) is 12.1. The van der Waals surface area contributed by atoms with Crippen LogP contribution in [0.3, 0.4) is 0 Å². The Morgan fingerprint density at radius 3 is 2.40 bits per heavy atom. The Labute approximate surface area is 180 Å². The van der Waals surface area contributed by atoms with E-state index in [1.165, 1.54) is 28.3 Å². The SMILES string of the molecule is O=C(NCCC#Cc1cc(Cl)ccc1O)OCC1c2ccccc2-c2ccccc21. The number of carbonyl (C=O) groups excluding carboxylic acids is 1. The third-order valence-electron chi connectivity index (χ3n) is 5.04. The van der Waals surface area contributed by atoms with Crippen LogP contribution in [0, 0.1) is 11.8 Å². The van der Waals surface area contributed by atoms with Crippen LogP contribution in [0.1, 0.15) is 29.0 Å². The van der Waals surface area contributed by atoms with Crippen LogP contribution in [-0.2, 0) is 4.74 Å². The first-order valence-corrected chi connectivity index (χ1v) is 10.1. The number of nitrogens with one attached hydrogen (secondary N) is 1. The van der Waals surface area contributed by atoms with Crippen molar-refractivity contribution < 1.29 is 14.6 Å². The summed E-state index contributed by atoms with van der Waals surface area (Å²) in [5, 5.41) is 13.0. The molecule has 30 heavy (non-hydrogen) atoms. The van der Waals surface area contributed by atoms with E-state index in [1.807, 2.05) is 24.3 Å². The lowest BCUT2D eigenvalue weighted by Crippen LogP contribution is -2.26. The summed E-state index contributed by atoms with van der Waals surface area (Å²) >= 11 is 5.90. The van der Waals surface area contributed by atoms with Crippen molar-refractivity contribution in [3.63, 3.8) is 0 Å². The summed E-state index contributed by atoms with van der Waals surface area (Å²) in [6, 6.07) is 21.1. The molecule has 3 aromatic rings. The van der Waals surface area contributed by atoms with Crippen LogP contribution in [0.4, 0.5) is 4.79 Å². The van der Waals surface area contributed by atoms with Gasteiger partial charge in [0.25, 0.3) is 0 Å². The Kier molecular flexibility index (Phi) is 5.92. The van der Waals surface area contributed by atoms with E-state index in [-0.39, 0.29) is 18.3 Å². The van der Waals surface area contributed by atoms with E-state index < -0.39 is 6.09 Å². The van der Waals surface area contributed by atoms with Crippen molar-refractivity contribution in [3.05, 3.63) is 88.4 Å². The van der Waals surface area contributed by atoms with E-state index in [2.05, 4.69) is 41.4 Å². The number of halogens is 1. The van der Waals surface area contributed by atoms with Gasteiger partial charge < -0.3 is 15.2 Å². The van der Waals surface area contributed by atoms with Crippen molar-refractivity contribution in [1.29, 1.82) is 0 Å². The first-order chi connectivity index (χ1) is 14.6. The fraction of sp³-hybridized carbons (Fsp3) is 0.160. The normalized spacial score (nSPS) is 11.8. The number of aromatic hydroxyl groups is 1. The average molecular weight is 418 g/mol. The van der Waals surface area contributed by atoms with Crippen LogP contribution in [0.5, 0.6) is 5.75 Å². The number of amides is 1. The highest BCUT2D eigenvalue weighted by atomic mass is 35.5. The van der Waals surface area contributed by atoms with Crippen LogP contribution in [0.15, 0.2) is 66.7 Å². The Bertz CT molecular complexity index is 1100. The van der Waals surface area contributed by atoms with Crippen LogP contribution >= 0.6 is 11.6 Å². The van der Waals surface area contributed by atoms with Gasteiger partial charge in [0.15, 0.2) is 0 Å². The van der Waals surface area contributed by atoms with Gasteiger partial charge in [0.05, 0.1) is 5.56 Å². The van der Waals surface area contributed by atoms with Crippen LogP contribution < -0.4 is 5.32 Å². The number of phenols is 1. The molecule has 0 aromatic heterocycles. The quantitative estimate of drug-likeness (QED) is 0.445. The van der Waals surface area contributed by atoms with Gasteiger partial charge in [0.2, 0.25) is 0 Å². The zero-order valence-electron chi connectivity index (χ0n) is 16.2. The van der Waals surface area contributed by atoms with Crippen molar-refractivity contribution in [1.82, 2.24) is 5.32 Å². The summed E-state index contributed by atoms with van der Waals surface area (Å²) in [5.74, 6) is 5.87. The molecule has 0 atom stereocenters. The van der Waals surface area contributed by atoms with E-state index >= 15 is 0 Å². The van der Waals surface area contributed by atoms with Crippen molar-refractivity contribution in [2.45, 2.75) is 12.3 Å². The van der Waals surface area contributed by atoms with Crippen molar-refractivity contribution in [2.24, 2.45) is 0 Å². The molecule has 0 heterocycles. The van der Waals surface area contributed by atoms with Crippen LogP contribution in [0.25, 0.3) is 11.1 Å². The first-order valence-electron chi connectivity index (χ1n) is 9.69. The highest BCUT2D eigenvalue weighted by Crippen LogP contribution is 2.44. The molecule has 2 N–H and O–H groups in total. The number of benzene rings is 3. The highest BCUT2D eigenvalue weighted by molar-refractivity contribution is 6.30. The molecule has 0 spiro atoms. The lowest BCUT2D eigenvalue weighted by molar-refractivity contribution is 0.143. The summed E-state index contributed by atoms with van der Waals surface area (Å²) in [6.45, 7) is 0.632. The number of phenolic OH excluding ortho intramolecular Hbond substituents is 1. The Balaban J connectivity index is 1.30. The molecule has 0 bridgehead atoms. The van der Waals surface area contributed by atoms with E-state index in [0.717, 1.165) is 0 Å². The standard InChI is InChI=1S/C25H20ClNO3/c26-18-12-13-24(28)17(15-18)7-5-6-14-27-25(29)30-16-23-21-10-3-1-8-19(21)20-9-2-4-11-22(20)23/h1-4,8-13,15,23,28H,6,14,16H2,(H,27,29). The Hall–Kier alpha value is -3.42. The topological polar surface area (TPSA) is 58.6 Å². The molecule has 0 unspecified atom stereocenters. The van der Waals surface area contributed by atoms with Gasteiger partial charge >= 0.3 is 6.09 Å². The molecule has 4 nitrogen and oxygen atoms in total. The largest absolute Gasteiger partial charge is 0.507 e. The molecule has 1 aliphatic carbocycles.